The van der Waals surface area contributed by atoms with Gasteiger partial charge in [0.05, 0.1) is 0 Å². The van der Waals surface area contributed by atoms with Crippen LogP contribution in [0.2, 0.25) is 5.02 Å². The molecule has 1 amide bonds. The topological polar surface area (TPSA) is 66.4 Å². The average molecular weight is 310 g/mol. The van der Waals surface area contributed by atoms with Crippen LogP contribution < -0.4 is 5.32 Å². The summed E-state index contributed by atoms with van der Waals surface area (Å²) in [4.78, 5) is 22.8. The number of benzene rings is 1. The number of aliphatic carboxylic acids is 1. The van der Waals surface area contributed by atoms with Crippen molar-refractivity contribution in [1.29, 1.82) is 0 Å². The third-order valence-corrected chi connectivity index (χ3v) is 3.33. The van der Waals surface area contributed by atoms with E-state index >= 15 is 0 Å². The van der Waals surface area contributed by atoms with Gasteiger partial charge in [0.25, 0.3) is 0 Å². The van der Waals surface area contributed by atoms with Crippen molar-refractivity contribution in [2.75, 3.05) is 0 Å². The van der Waals surface area contributed by atoms with Gasteiger partial charge >= 0.3 is 5.97 Å². The Bertz CT molecular complexity index is 485. The molecule has 0 saturated heterocycles. The summed E-state index contributed by atoms with van der Waals surface area (Å²) >= 11 is 5.80. The maximum absolute atomic E-state index is 11.7. The number of aryl methyl sites for hydroxylation is 1. The summed E-state index contributed by atoms with van der Waals surface area (Å²) < 4.78 is 0. The number of carbonyl (C=O) groups excluding carboxylic acids is 1. The predicted octanol–water partition coefficient (Wildman–Crippen LogP) is 3.20. The van der Waals surface area contributed by atoms with Crippen LogP contribution in [0, 0.1) is 0 Å². The molecule has 0 aliphatic heterocycles. The maximum Gasteiger partial charge on any atom is 0.326 e. The fraction of sp³-hybridized carbons (Fsp3) is 0.375. The lowest BCUT2D eigenvalue weighted by molar-refractivity contribution is -0.142. The van der Waals surface area contributed by atoms with Gasteiger partial charge in [0.1, 0.15) is 6.04 Å². The Morgan fingerprint density at radius 1 is 1.33 bits per heavy atom. The second-order valence-electron chi connectivity index (χ2n) is 4.80. The summed E-state index contributed by atoms with van der Waals surface area (Å²) in [6, 6.07) is 6.62. The van der Waals surface area contributed by atoms with Crippen molar-refractivity contribution < 1.29 is 14.7 Å². The van der Waals surface area contributed by atoms with Crippen LogP contribution in [0.4, 0.5) is 0 Å². The third-order valence-electron chi connectivity index (χ3n) is 3.08. The van der Waals surface area contributed by atoms with Gasteiger partial charge in [0.15, 0.2) is 0 Å². The lowest BCUT2D eigenvalue weighted by Crippen LogP contribution is -2.40. The van der Waals surface area contributed by atoms with E-state index in [4.69, 9.17) is 16.7 Å². The van der Waals surface area contributed by atoms with Gasteiger partial charge in [-0.15, -0.1) is 6.58 Å². The van der Waals surface area contributed by atoms with E-state index in [0.29, 0.717) is 30.7 Å². The molecule has 0 saturated carbocycles. The monoisotopic (exact) mass is 309 g/mol. The first-order valence-electron chi connectivity index (χ1n) is 6.90. The summed E-state index contributed by atoms with van der Waals surface area (Å²) in [5.74, 6) is -1.25. The zero-order valence-electron chi connectivity index (χ0n) is 11.8. The molecule has 0 spiro atoms. The minimum Gasteiger partial charge on any atom is -0.480 e. The van der Waals surface area contributed by atoms with E-state index in [1.165, 1.54) is 0 Å². The van der Waals surface area contributed by atoms with Crippen molar-refractivity contribution in [2.24, 2.45) is 0 Å². The molecular weight excluding hydrogens is 290 g/mol. The van der Waals surface area contributed by atoms with Crippen LogP contribution in [0.3, 0.4) is 0 Å². The molecule has 21 heavy (non-hydrogen) atoms. The zero-order valence-corrected chi connectivity index (χ0v) is 12.6. The Morgan fingerprint density at radius 2 is 2.00 bits per heavy atom. The number of rotatable bonds is 9. The molecular formula is C16H20ClNO3. The molecule has 1 rings (SSSR count). The van der Waals surface area contributed by atoms with Gasteiger partial charge in [-0.3, -0.25) is 4.79 Å². The number of nitrogens with one attached hydrogen (secondary N) is 1. The summed E-state index contributed by atoms with van der Waals surface area (Å²) in [7, 11) is 0. The van der Waals surface area contributed by atoms with Crippen molar-refractivity contribution in [1.82, 2.24) is 5.32 Å². The molecule has 0 bridgehead atoms. The highest BCUT2D eigenvalue weighted by Crippen LogP contribution is 2.11. The Morgan fingerprint density at radius 3 is 2.57 bits per heavy atom. The van der Waals surface area contributed by atoms with Gasteiger partial charge in [-0.25, -0.2) is 4.79 Å². The first-order chi connectivity index (χ1) is 10.0. The largest absolute Gasteiger partial charge is 0.480 e. The first-order valence-corrected chi connectivity index (χ1v) is 7.28. The van der Waals surface area contributed by atoms with Gasteiger partial charge in [-0.2, -0.15) is 0 Å². The van der Waals surface area contributed by atoms with Gasteiger partial charge in [0, 0.05) is 11.4 Å². The fourth-order valence-electron chi connectivity index (χ4n) is 1.91. The molecule has 4 nitrogen and oxygen atoms in total. The number of carbonyl (C=O) groups is 2. The SMILES string of the molecule is C=CCCC(NC(=O)CCCc1ccc(Cl)cc1)C(=O)O. The van der Waals surface area contributed by atoms with Crippen molar-refractivity contribution in [3.63, 3.8) is 0 Å². The molecule has 0 heterocycles. The molecule has 0 aliphatic rings. The highest BCUT2D eigenvalue weighted by molar-refractivity contribution is 6.30. The number of carboxylic acids is 1. The minimum absolute atomic E-state index is 0.236. The Kier molecular flexibility index (Phi) is 7.54. The van der Waals surface area contributed by atoms with Gasteiger partial charge in [0.2, 0.25) is 5.91 Å². The highest BCUT2D eigenvalue weighted by atomic mass is 35.5. The molecule has 0 radical (unpaired) electrons. The minimum atomic E-state index is -1.01. The van der Waals surface area contributed by atoms with Gasteiger partial charge in [-0.05, 0) is 43.4 Å². The van der Waals surface area contributed by atoms with Crippen molar-refractivity contribution in [3.8, 4) is 0 Å². The quantitative estimate of drug-likeness (QED) is 0.688. The van der Waals surface area contributed by atoms with Gasteiger partial charge < -0.3 is 10.4 Å². The molecule has 2 N–H and O–H groups in total. The van der Waals surface area contributed by atoms with Crippen LogP contribution in [0.5, 0.6) is 0 Å². The molecule has 0 aliphatic carbocycles. The van der Waals surface area contributed by atoms with E-state index in [-0.39, 0.29) is 5.91 Å². The molecule has 1 atom stereocenters. The van der Waals surface area contributed by atoms with Crippen molar-refractivity contribution >= 4 is 23.5 Å². The number of carboxylic acid groups (broad SMARTS) is 1. The highest BCUT2D eigenvalue weighted by Gasteiger charge is 2.18. The number of halogens is 1. The van der Waals surface area contributed by atoms with Crippen molar-refractivity contribution in [3.05, 3.63) is 47.5 Å². The zero-order chi connectivity index (χ0) is 15.7. The summed E-state index contributed by atoms with van der Waals surface area (Å²) in [5.41, 5.74) is 1.11. The van der Waals surface area contributed by atoms with E-state index in [9.17, 15) is 9.59 Å². The van der Waals surface area contributed by atoms with Crippen LogP contribution in [0.1, 0.15) is 31.2 Å². The Hall–Kier alpha value is -1.81. The molecule has 0 fully saturated rings. The third kappa shape index (κ3) is 6.95. The maximum atomic E-state index is 11.7. The summed E-state index contributed by atoms with van der Waals surface area (Å²) in [5, 5.41) is 12.2. The normalized spacial score (nSPS) is 11.7. The van der Waals surface area contributed by atoms with Gasteiger partial charge in [-0.1, -0.05) is 29.8 Å². The van der Waals surface area contributed by atoms with E-state index in [2.05, 4.69) is 11.9 Å². The summed E-state index contributed by atoms with van der Waals surface area (Å²) in [6.45, 7) is 3.55. The molecule has 5 heteroatoms. The second-order valence-corrected chi connectivity index (χ2v) is 5.24. The Balaban J connectivity index is 2.33. The predicted molar refractivity (Wildman–Crippen MR) is 83.4 cm³/mol. The lowest BCUT2D eigenvalue weighted by atomic mass is 10.1. The number of hydrogen-bond acceptors (Lipinski definition) is 2. The van der Waals surface area contributed by atoms with E-state index < -0.39 is 12.0 Å². The molecule has 1 aromatic rings. The standard InChI is InChI=1S/C16H20ClNO3/c1-2-3-6-14(16(20)21)18-15(19)7-4-5-12-8-10-13(17)11-9-12/h2,8-11,14H,1,3-7H2,(H,18,19)(H,20,21). The Labute approximate surface area is 129 Å². The second kappa shape index (κ2) is 9.19. The smallest absolute Gasteiger partial charge is 0.326 e. The van der Waals surface area contributed by atoms with Crippen LogP contribution in [-0.2, 0) is 16.0 Å². The van der Waals surface area contributed by atoms with E-state index in [1.807, 2.05) is 24.3 Å². The van der Waals surface area contributed by atoms with E-state index in [1.54, 1.807) is 6.08 Å². The van der Waals surface area contributed by atoms with Crippen LogP contribution in [0.25, 0.3) is 0 Å². The summed E-state index contributed by atoms with van der Waals surface area (Å²) in [6.07, 6.45) is 4.29. The molecule has 1 unspecified atom stereocenters. The number of amides is 1. The van der Waals surface area contributed by atoms with Crippen molar-refractivity contribution in [2.45, 2.75) is 38.1 Å². The average Bonchev–Trinajstić information content (AvgIpc) is 2.45. The molecule has 1 aromatic carbocycles. The molecule has 0 aromatic heterocycles. The molecule has 114 valence electrons. The van der Waals surface area contributed by atoms with Crippen LogP contribution >= 0.6 is 11.6 Å². The van der Waals surface area contributed by atoms with Crippen LogP contribution in [-0.4, -0.2) is 23.0 Å². The fourth-order valence-corrected chi connectivity index (χ4v) is 2.04. The van der Waals surface area contributed by atoms with E-state index in [0.717, 1.165) is 12.0 Å². The lowest BCUT2D eigenvalue weighted by Gasteiger charge is -2.13. The number of allylic oxidation sites excluding steroid dienone is 1. The number of hydrogen-bond donors (Lipinski definition) is 2. The first kappa shape index (κ1) is 17.2. The van der Waals surface area contributed by atoms with Crippen LogP contribution in [0.15, 0.2) is 36.9 Å².